The molecule has 1 aliphatic heterocycles. The average molecular weight is 245 g/mol. The second-order valence-corrected chi connectivity index (χ2v) is 3.94. The number of hydrogen-bond donors (Lipinski definition) is 2. The highest BCUT2D eigenvalue weighted by atomic mass is 16.4. The van der Waals surface area contributed by atoms with Gasteiger partial charge in [0.2, 0.25) is 5.91 Å². The third-order valence-corrected chi connectivity index (χ3v) is 2.80. The van der Waals surface area contributed by atoms with Crippen LogP contribution in [0.4, 0.5) is 5.69 Å². The Morgan fingerprint density at radius 1 is 1.44 bits per heavy atom. The minimum atomic E-state index is -0.987. The molecule has 0 aromatic heterocycles. The van der Waals surface area contributed by atoms with Crippen molar-refractivity contribution in [2.75, 3.05) is 18.0 Å². The zero-order valence-corrected chi connectivity index (χ0v) is 9.46. The van der Waals surface area contributed by atoms with Gasteiger partial charge in [0.05, 0.1) is 18.2 Å². The van der Waals surface area contributed by atoms with E-state index in [9.17, 15) is 9.59 Å². The molecule has 6 nitrogen and oxygen atoms in total. The summed E-state index contributed by atoms with van der Waals surface area (Å²) in [5, 5.41) is 20.3. The van der Waals surface area contributed by atoms with Crippen LogP contribution < -0.4 is 10.2 Å². The van der Waals surface area contributed by atoms with Gasteiger partial charge in [0.15, 0.2) is 0 Å². The van der Waals surface area contributed by atoms with Crippen molar-refractivity contribution in [1.82, 2.24) is 5.32 Å². The van der Waals surface area contributed by atoms with Crippen molar-refractivity contribution in [1.29, 1.82) is 5.26 Å². The lowest BCUT2D eigenvalue weighted by Crippen LogP contribution is -2.57. The van der Waals surface area contributed by atoms with E-state index in [1.54, 1.807) is 24.3 Å². The van der Waals surface area contributed by atoms with Gasteiger partial charge in [0.25, 0.3) is 0 Å². The summed E-state index contributed by atoms with van der Waals surface area (Å²) in [6.45, 7) is 0.0804. The molecule has 1 atom stereocenters. The minimum Gasteiger partial charge on any atom is -0.480 e. The van der Waals surface area contributed by atoms with Gasteiger partial charge in [0, 0.05) is 12.2 Å². The molecule has 0 aliphatic carbocycles. The molecule has 1 heterocycles. The Hall–Kier alpha value is -2.55. The van der Waals surface area contributed by atoms with Crippen LogP contribution in [0.1, 0.15) is 5.56 Å². The van der Waals surface area contributed by atoms with Crippen molar-refractivity contribution in [3.05, 3.63) is 29.8 Å². The first-order valence-corrected chi connectivity index (χ1v) is 5.38. The number of nitrogens with zero attached hydrogens (tertiary/aromatic N) is 2. The Kier molecular flexibility index (Phi) is 3.15. The first-order valence-electron chi connectivity index (χ1n) is 5.38. The Bertz CT molecular complexity index is 518. The Labute approximate surface area is 103 Å². The first-order chi connectivity index (χ1) is 8.61. The van der Waals surface area contributed by atoms with E-state index >= 15 is 0 Å². The smallest absolute Gasteiger partial charge is 0.328 e. The zero-order chi connectivity index (χ0) is 13.1. The van der Waals surface area contributed by atoms with Crippen LogP contribution in [0.15, 0.2) is 24.3 Å². The van der Waals surface area contributed by atoms with E-state index in [4.69, 9.17) is 10.4 Å². The van der Waals surface area contributed by atoms with E-state index in [-0.39, 0.29) is 19.0 Å². The van der Waals surface area contributed by atoms with Crippen molar-refractivity contribution in [3.8, 4) is 6.07 Å². The summed E-state index contributed by atoms with van der Waals surface area (Å²) in [6.07, 6.45) is 0. The van der Waals surface area contributed by atoms with Crippen molar-refractivity contribution in [2.45, 2.75) is 6.04 Å². The van der Waals surface area contributed by atoms with E-state index in [1.165, 1.54) is 4.90 Å². The van der Waals surface area contributed by atoms with Crippen molar-refractivity contribution >= 4 is 17.6 Å². The Balaban J connectivity index is 2.29. The summed E-state index contributed by atoms with van der Waals surface area (Å²) >= 11 is 0. The van der Waals surface area contributed by atoms with Crippen LogP contribution in [0.2, 0.25) is 0 Å². The Morgan fingerprint density at radius 3 is 2.67 bits per heavy atom. The Morgan fingerprint density at radius 2 is 2.11 bits per heavy atom. The fraction of sp³-hybridized carbons (Fsp3) is 0.250. The van der Waals surface area contributed by atoms with Gasteiger partial charge in [0.1, 0.15) is 6.04 Å². The molecular formula is C12H11N3O3. The van der Waals surface area contributed by atoms with E-state index in [0.717, 1.165) is 0 Å². The van der Waals surface area contributed by atoms with Crippen LogP contribution in [-0.4, -0.2) is 36.1 Å². The topological polar surface area (TPSA) is 93.4 Å². The third kappa shape index (κ3) is 2.25. The first kappa shape index (κ1) is 11.9. The number of amides is 1. The van der Waals surface area contributed by atoms with Crippen molar-refractivity contribution < 1.29 is 14.7 Å². The maximum Gasteiger partial charge on any atom is 0.328 e. The molecule has 2 rings (SSSR count). The van der Waals surface area contributed by atoms with Crippen LogP contribution in [0.3, 0.4) is 0 Å². The highest BCUT2D eigenvalue weighted by Gasteiger charge is 2.31. The standard InChI is InChI=1S/C12H11N3O3/c13-5-8-1-3-9(4-2-8)15-7-11(16)14-6-10(15)12(17)18/h1-4,10H,6-7H2,(H,14,16)(H,17,18). The van der Waals surface area contributed by atoms with Gasteiger partial charge in [-0.2, -0.15) is 5.26 Å². The van der Waals surface area contributed by atoms with Gasteiger partial charge in [-0.1, -0.05) is 0 Å². The zero-order valence-electron chi connectivity index (χ0n) is 9.46. The van der Waals surface area contributed by atoms with Crippen LogP contribution in [0.5, 0.6) is 0 Å². The number of carbonyl (C=O) groups is 2. The second-order valence-electron chi connectivity index (χ2n) is 3.94. The predicted octanol–water partition coefficient (Wildman–Crippen LogP) is -0.0523. The quantitative estimate of drug-likeness (QED) is 0.761. The molecule has 18 heavy (non-hydrogen) atoms. The second kappa shape index (κ2) is 4.75. The molecule has 1 aliphatic rings. The summed E-state index contributed by atoms with van der Waals surface area (Å²) in [5.74, 6) is -1.20. The number of anilines is 1. The van der Waals surface area contributed by atoms with Gasteiger partial charge in [-0.15, -0.1) is 0 Å². The third-order valence-electron chi connectivity index (χ3n) is 2.80. The van der Waals surface area contributed by atoms with Crippen LogP contribution >= 0.6 is 0 Å². The van der Waals surface area contributed by atoms with Gasteiger partial charge in [-0.3, -0.25) is 4.79 Å². The summed E-state index contributed by atoms with van der Waals surface area (Å²) < 4.78 is 0. The van der Waals surface area contributed by atoms with E-state index in [2.05, 4.69) is 5.32 Å². The molecule has 0 saturated carbocycles. The number of rotatable bonds is 2. The normalized spacial score (nSPS) is 18.9. The van der Waals surface area contributed by atoms with Gasteiger partial charge in [-0.05, 0) is 24.3 Å². The molecule has 1 amide bonds. The highest BCUT2D eigenvalue weighted by Crippen LogP contribution is 2.19. The number of carbonyl (C=O) groups excluding carboxylic acids is 1. The number of piperazine rings is 1. The van der Waals surface area contributed by atoms with Crippen LogP contribution in [-0.2, 0) is 9.59 Å². The maximum atomic E-state index is 11.3. The van der Waals surface area contributed by atoms with Crippen molar-refractivity contribution in [3.63, 3.8) is 0 Å². The lowest BCUT2D eigenvalue weighted by molar-refractivity contribution is -0.139. The monoisotopic (exact) mass is 245 g/mol. The number of benzene rings is 1. The number of carboxylic acid groups (broad SMARTS) is 1. The van der Waals surface area contributed by atoms with Gasteiger partial charge < -0.3 is 15.3 Å². The number of hydrogen-bond acceptors (Lipinski definition) is 4. The SMILES string of the molecule is N#Cc1ccc(N2CC(=O)NCC2C(=O)O)cc1. The predicted molar refractivity (Wildman–Crippen MR) is 62.9 cm³/mol. The van der Waals surface area contributed by atoms with Crippen LogP contribution in [0.25, 0.3) is 0 Å². The minimum absolute atomic E-state index is 0.00284. The molecule has 6 heteroatoms. The van der Waals surface area contributed by atoms with Crippen molar-refractivity contribution in [2.24, 2.45) is 0 Å². The number of carboxylic acids is 1. The molecule has 2 N–H and O–H groups in total. The molecule has 1 fully saturated rings. The summed E-state index contributed by atoms with van der Waals surface area (Å²) in [7, 11) is 0. The molecule has 1 aromatic rings. The fourth-order valence-corrected chi connectivity index (χ4v) is 1.86. The number of nitrogens with one attached hydrogen (secondary N) is 1. The van der Waals surface area contributed by atoms with E-state index in [1.807, 2.05) is 6.07 Å². The molecule has 1 unspecified atom stereocenters. The van der Waals surface area contributed by atoms with Gasteiger partial charge >= 0.3 is 5.97 Å². The number of nitriles is 1. The molecule has 1 aromatic carbocycles. The average Bonchev–Trinajstić information content (AvgIpc) is 2.38. The fourth-order valence-electron chi connectivity index (χ4n) is 1.86. The molecule has 0 spiro atoms. The number of aliphatic carboxylic acids is 1. The highest BCUT2D eigenvalue weighted by molar-refractivity contribution is 5.89. The summed E-state index contributed by atoms with van der Waals surface area (Å²) in [5.41, 5.74) is 1.11. The summed E-state index contributed by atoms with van der Waals surface area (Å²) in [4.78, 5) is 24.0. The lowest BCUT2D eigenvalue weighted by atomic mass is 10.1. The van der Waals surface area contributed by atoms with Crippen LogP contribution in [0, 0.1) is 11.3 Å². The lowest BCUT2D eigenvalue weighted by Gasteiger charge is -2.34. The van der Waals surface area contributed by atoms with E-state index in [0.29, 0.717) is 11.3 Å². The van der Waals surface area contributed by atoms with E-state index < -0.39 is 12.0 Å². The van der Waals surface area contributed by atoms with Gasteiger partial charge in [-0.25, -0.2) is 4.79 Å². The molecule has 1 saturated heterocycles. The molecule has 92 valence electrons. The molecule has 0 radical (unpaired) electrons. The molecular weight excluding hydrogens is 234 g/mol. The maximum absolute atomic E-state index is 11.3. The molecule has 0 bridgehead atoms. The summed E-state index contributed by atoms with van der Waals surface area (Å²) in [6, 6.07) is 7.69. The largest absolute Gasteiger partial charge is 0.480 e.